The molecule has 0 unspecified atom stereocenters. The molecule has 0 atom stereocenters. The first-order valence-corrected chi connectivity index (χ1v) is 34.3. The van der Waals surface area contributed by atoms with Crippen LogP contribution in [0.1, 0.15) is 79.0 Å². The lowest BCUT2D eigenvalue weighted by molar-refractivity contribution is 0.487. The Balaban J connectivity index is 0.973. The van der Waals surface area contributed by atoms with Crippen LogP contribution in [0.15, 0.2) is 285 Å². The molecule has 16 aromatic rings. The summed E-state index contributed by atoms with van der Waals surface area (Å²) in [5, 5.41) is 9.78. The molecule has 2 aliphatic rings. The molecule has 18 rings (SSSR count). The van der Waals surface area contributed by atoms with Gasteiger partial charge in [-0.15, -0.1) is 0 Å². The lowest BCUT2D eigenvalue weighted by Gasteiger charge is -2.42. The number of hydrogen-bond donors (Lipinski definition) is 0. The minimum Gasteiger partial charge on any atom is -0.458 e. The lowest BCUT2D eigenvalue weighted by atomic mass is 9.34. The van der Waals surface area contributed by atoms with Crippen LogP contribution < -0.4 is 26.0 Å². The maximum absolute atomic E-state index is 7.85. The quantitative estimate of drug-likeness (QED) is 0.117. The molecule has 0 spiro atoms. The van der Waals surface area contributed by atoms with Crippen LogP contribution in [0.4, 0.5) is 17.1 Å². The molecule has 4 nitrogen and oxygen atoms in total. The second kappa shape index (κ2) is 21.7. The molecule has 0 saturated heterocycles. The average Bonchev–Trinajstić information content (AvgIpc) is 0.816. The monoisotopic (exact) mass is 1250 g/mol. The molecule has 4 heterocycles. The Morgan fingerprint density at radius 2 is 0.711 bits per heavy atom. The average molecular weight is 1250 g/mol. The van der Waals surface area contributed by atoms with Gasteiger partial charge in [-0.1, -0.05) is 269 Å². The summed E-state index contributed by atoms with van der Waals surface area (Å²) in [5.41, 5.74) is 26.5. The number of ether oxygens (including phenoxy) is 1. The van der Waals surface area contributed by atoms with Crippen molar-refractivity contribution in [1.29, 1.82) is 0 Å². The molecule has 0 N–H and O–H groups in total. The van der Waals surface area contributed by atoms with Crippen LogP contribution in [0.3, 0.4) is 0 Å². The van der Waals surface area contributed by atoms with E-state index in [0.717, 1.165) is 89.7 Å². The smallest absolute Gasteiger partial charge is 0.256 e. The fourth-order valence-corrected chi connectivity index (χ4v) is 16.2. The van der Waals surface area contributed by atoms with Gasteiger partial charge in [0, 0.05) is 61.9 Å². The fraction of sp³-hybridized carbons (Fsp3) is 0.130. The standard InChI is InChI=1S/C92H74BN3O/c1-90(2,3)61-42-47-80-74(50-61)75-51-62(91(4,5)6)43-48-81(75)94(80)64-44-46-77-84(55-64)97-85-56-65(95-78-39-25-23-33-66(78)67-34-24-26-40-79(67)95)54-83-88(85)93(77)76-45-41-60(87-70-37-21-19-35-68(70)86(59-31-17-12-18-32-59)69-36-20-22-38-71(69)87)49-82(76)96(83)89-72(57-27-13-10-14-28-57)52-63(92(7,8)9)53-73(89)58-29-15-11-16-30-58/h10-56H,1-9H3. The minimum atomic E-state index is -0.236. The van der Waals surface area contributed by atoms with Crippen molar-refractivity contribution in [2.24, 2.45) is 0 Å². The highest BCUT2D eigenvalue weighted by Gasteiger charge is 2.44. The van der Waals surface area contributed by atoms with Crippen LogP contribution in [0.25, 0.3) is 121 Å². The Hall–Kier alpha value is -11.1. The predicted molar refractivity (Wildman–Crippen MR) is 414 cm³/mol. The van der Waals surface area contributed by atoms with Gasteiger partial charge < -0.3 is 18.8 Å². The highest BCUT2D eigenvalue weighted by molar-refractivity contribution is 6.99. The second-order valence-corrected chi connectivity index (χ2v) is 30.0. The van der Waals surface area contributed by atoms with Crippen molar-refractivity contribution in [3.05, 3.63) is 302 Å². The van der Waals surface area contributed by atoms with Crippen molar-refractivity contribution in [3.63, 3.8) is 0 Å². The van der Waals surface area contributed by atoms with Crippen LogP contribution in [0.5, 0.6) is 11.5 Å². The SMILES string of the molecule is CC(C)(C)c1cc(-c2ccccc2)c(N2c3cc(-c4c5ccccc5c(-c5ccccc5)c5ccccc45)ccc3B3c4ccc(-n5c6ccc(C(C)(C)C)cc6c6cc(C(C)(C)C)ccc65)cc4Oc4cc(-n5c6ccccc6c6ccccc65)cc2c43)c(-c2ccccc2)c1. The topological polar surface area (TPSA) is 22.3 Å². The summed E-state index contributed by atoms with van der Waals surface area (Å²) < 4.78 is 12.8. The maximum Gasteiger partial charge on any atom is 0.256 e. The van der Waals surface area contributed by atoms with E-state index in [9.17, 15) is 0 Å². The Bertz CT molecular complexity index is 5670. The van der Waals surface area contributed by atoms with E-state index in [4.69, 9.17) is 4.74 Å². The second-order valence-electron chi connectivity index (χ2n) is 30.0. The number of rotatable bonds is 7. The first-order chi connectivity index (χ1) is 47.0. The number of benzene rings is 14. The van der Waals surface area contributed by atoms with Gasteiger partial charge >= 0.3 is 0 Å². The molecule has 0 amide bonds. The highest BCUT2D eigenvalue weighted by Crippen LogP contribution is 2.53. The number of fused-ring (bicyclic) bond motifs is 12. The van der Waals surface area contributed by atoms with Crippen molar-refractivity contribution in [2.75, 3.05) is 4.90 Å². The minimum absolute atomic E-state index is 0.0302. The van der Waals surface area contributed by atoms with Crippen molar-refractivity contribution in [2.45, 2.75) is 78.6 Å². The van der Waals surface area contributed by atoms with E-state index in [1.54, 1.807) is 0 Å². The first-order valence-electron chi connectivity index (χ1n) is 34.3. The summed E-state index contributed by atoms with van der Waals surface area (Å²) in [6.07, 6.45) is 0. The predicted octanol–water partition coefficient (Wildman–Crippen LogP) is 23.2. The third-order valence-electron chi connectivity index (χ3n) is 21.0. The molecule has 2 aromatic heterocycles. The lowest BCUT2D eigenvalue weighted by Crippen LogP contribution is -2.59. The normalized spacial score (nSPS) is 13.0. The molecule has 97 heavy (non-hydrogen) atoms. The molecule has 14 aromatic carbocycles. The molecular formula is C92H74BN3O. The molecule has 5 heteroatoms. The zero-order valence-corrected chi connectivity index (χ0v) is 56.5. The van der Waals surface area contributed by atoms with Gasteiger partial charge in [0.1, 0.15) is 11.5 Å². The molecule has 2 aliphatic heterocycles. The van der Waals surface area contributed by atoms with Crippen LogP contribution in [-0.2, 0) is 16.2 Å². The van der Waals surface area contributed by atoms with Gasteiger partial charge in [0.25, 0.3) is 6.71 Å². The van der Waals surface area contributed by atoms with E-state index in [-0.39, 0.29) is 23.0 Å². The number of para-hydroxylation sites is 2. The molecular weight excluding hydrogens is 1170 g/mol. The van der Waals surface area contributed by atoms with Crippen LogP contribution in [0.2, 0.25) is 0 Å². The van der Waals surface area contributed by atoms with E-state index >= 15 is 0 Å². The van der Waals surface area contributed by atoms with Gasteiger partial charge in [-0.2, -0.15) is 0 Å². The van der Waals surface area contributed by atoms with Gasteiger partial charge in [0.05, 0.1) is 33.4 Å². The number of nitrogens with zero attached hydrogens (tertiary/aromatic N) is 3. The zero-order chi connectivity index (χ0) is 65.8. The summed E-state index contributed by atoms with van der Waals surface area (Å²) in [4.78, 5) is 2.66. The summed E-state index contributed by atoms with van der Waals surface area (Å²) in [6, 6.07) is 108. The molecule has 466 valence electrons. The molecule has 0 saturated carbocycles. The largest absolute Gasteiger partial charge is 0.458 e. The number of anilines is 3. The summed E-state index contributed by atoms with van der Waals surface area (Å²) >= 11 is 0. The Labute approximate surface area is 568 Å². The van der Waals surface area contributed by atoms with E-state index in [1.165, 1.54) is 93.0 Å². The van der Waals surface area contributed by atoms with Crippen LogP contribution >= 0.6 is 0 Å². The third-order valence-corrected chi connectivity index (χ3v) is 21.0. The van der Waals surface area contributed by atoms with Gasteiger partial charge in [-0.3, -0.25) is 0 Å². The Morgan fingerprint density at radius 3 is 1.22 bits per heavy atom. The maximum atomic E-state index is 7.85. The summed E-state index contributed by atoms with van der Waals surface area (Å²) in [7, 11) is 0. The molecule has 0 aliphatic carbocycles. The van der Waals surface area contributed by atoms with E-state index in [1.807, 2.05) is 0 Å². The van der Waals surface area contributed by atoms with Gasteiger partial charge in [0.15, 0.2) is 0 Å². The summed E-state index contributed by atoms with van der Waals surface area (Å²) in [5.74, 6) is 1.67. The summed E-state index contributed by atoms with van der Waals surface area (Å²) in [6.45, 7) is 20.7. The van der Waals surface area contributed by atoms with Gasteiger partial charge in [0.2, 0.25) is 0 Å². The third kappa shape index (κ3) is 9.26. The van der Waals surface area contributed by atoms with E-state index in [0.29, 0.717) is 0 Å². The molecule has 0 radical (unpaired) electrons. The van der Waals surface area contributed by atoms with Crippen molar-refractivity contribution in [1.82, 2.24) is 9.13 Å². The van der Waals surface area contributed by atoms with E-state index in [2.05, 4.69) is 361 Å². The molecule has 0 fully saturated rings. The van der Waals surface area contributed by atoms with Crippen LogP contribution in [0, 0.1) is 0 Å². The number of hydrogen-bond acceptors (Lipinski definition) is 2. The molecule has 0 bridgehead atoms. The number of aromatic nitrogens is 2. The van der Waals surface area contributed by atoms with Crippen molar-refractivity contribution < 1.29 is 4.74 Å². The Morgan fingerprint density at radius 1 is 0.289 bits per heavy atom. The zero-order valence-electron chi connectivity index (χ0n) is 56.5. The Kier molecular flexibility index (Phi) is 13.1. The van der Waals surface area contributed by atoms with Gasteiger partial charge in [-0.05, 0) is 171 Å². The highest BCUT2D eigenvalue weighted by atomic mass is 16.5. The van der Waals surface area contributed by atoms with Crippen LogP contribution in [-0.4, -0.2) is 15.8 Å². The van der Waals surface area contributed by atoms with Gasteiger partial charge in [-0.25, -0.2) is 0 Å². The van der Waals surface area contributed by atoms with E-state index < -0.39 is 0 Å². The van der Waals surface area contributed by atoms with Crippen molar-refractivity contribution in [3.8, 4) is 67.4 Å². The first kappa shape index (κ1) is 58.4. The van der Waals surface area contributed by atoms with Crippen molar-refractivity contribution >= 4 is 105 Å². The fourth-order valence-electron chi connectivity index (χ4n) is 16.2.